The second-order valence-electron chi connectivity index (χ2n) is 8.00. The fraction of sp³-hybridized carbons (Fsp3) is 0.833. The smallest absolute Gasteiger partial charge is 0.304 e. The maximum atomic E-state index is 11.5. The van der Waals surface area contributed by atoms with Gasteiger partial charge >= 0.3 is 5.97 Å². The average molecular weight is 308 g/mol. The lowest BCUT2D eigenvalue weighted by atomic mass is 9.49. The molecule has 5 atom stereocenters. The largest absolute Gasteiger partial charge is 0.435 e. The minimum absolute atomic E-state index is 0.0965. The first-order valence-corrected chi connectivity index (χ1v) is 8.35. The molecule has 0 aromatic heterocycles. The van der Waals surface area contributed by atoms with Crippen molar-refractivity contribution in [3.63, 3.8) is 0 Å². The Morgan fingerprint density at radius 3 is 2.68 bits per heavy atom. The van der Waals surface area contributed by atoms with Crippen molar-refractivity contribution in [1.82, 2.24) is 0 Å². The van der Waals surface area contributed by atoms with Gasteiger partial charge in [-0.1, -0.05) is 33.3 Å². The molecular formula is C18H28O4. The van der Waals surface area contributed by atoms with Crippen LogP contribution in [0.2, 0.25) is 0 Å². The summed E-state index contributed by atoms with van der Waals surface area (Å²) in [5.74, 6) is 0.404. The van der Waals surface area contributed by atoms with Crippen molar-refractivity contribution in [1.29, 1.82) is 0 Å². The van der Waals surface area contributed by atoms with Crippen molar-refractivity contribution in [3.8, 4) is 0 Å². The van der Waals surface area contributed by atoms with Crippen molar-refractivity contribution in [3.05, 3.63) is 11.6 Å². The van der Waals surface area contributed by atoms with E-state index in [9.17, 15) is 4.79 Å². The summed E-state index contributed by atoms with van der Waals surface area (Å²) in [7, 11) is 1.65. The molecule has 1 saturated carbocycles. The minimum Gasteiger partial charge on any atom is -0.435 e. The number of hydrogen-bond acceptors (Lipinski definition) is 4. The van der Waals surface area contributed by atoms with E-state index in [1.807, 2.05) is 0 Å². The predicted octanol–water partition coefficient (Wildman–Crippen LogP) is 3.66. The van der Waals surface area contributed by atoms with Gasteiger partial charge in [-0.05, 0) is 41.6 Å². The Morgan fingerprint density at radius 1 is 1.32 bits per heavy atom. The Kier molecular flexibility index (Phi) is 3.89. The fourth-order valence-corrected chi connectivity index (χ4v) is 5.33. The molecule has 0 spiro atoms. The zero-order chi connectivity index (χ0) is 16.1. The third kappa shape index (κ3) is 2.31. The van der Waals surface area contributed by atoms with Gasteiger partial charge in [0.1, 0.15) is 0 Å². The van der Waals surface area contributed by atoms with Crippen LogP contribution in [-0.2, 0) is 19.0 Å². The van der Waals surface area contributed by atoms with Gasteiger partial charge in [0.05, 0.1) is 5.92 Å². The third-order valence-corrected chi connectivity index (χ3v) is 6.23. The molecule has 0 aromatic rings. The van der Waals surface area contributed by atoms with Crippen LogP contribution < -0.4 is 0 Å². The van der Waals surface area contributed by atoms with E-state index >= 15 is 0 Å². The topological polar surface area (TPSA) is 44.8 Å². The van der Waals surface area contributed by atoms with Crippen LogP contribution in [0.3, 0.4) is 0 Å². The van der Waals surface area contributed by atoms with E-state index < -0.39 is 6.29 Å². The lowest BCUT2D eigenvalue weighted by Gasteiger charge is -2.56. The maximum Gasteiger partial charge on any atom is 0.304 e. The molecule has 0 radical (unpaired) electrons. The molecule has 1 aliphatic heterocycles. The van der Waals surface area contributed by atoms with Crippen LogP contribution in [0.25, 0.3) is 0 Å². The molecule has 124 valence electrons. The van der Waals surface area contributed by atoms with Gasteiger partial charge in [0.15, 0.2) is 6.29 Å². The summed E-state index contributed by atoms with van der Waals surface area (Å²) in [4.78, 5) is 11.5. The summed E-state index contributed by atoms with van der Waals surface area (Å²) in [6.07, 6.45) is 6.07. The second kappa shape index (κ2) is 5.34. The molecule has 3 aliphatic rings. The van der Waals surface area contributed by atoms with Crippen LogP contribution in [0.15, 0.2) is 11.6 Å². The minimum atomic E-state index is -0.518. The molecule has 3 rings (SSSR count). The summed E-state index contributed by atoms with van der Waals surface area (Å²) in [5.41, 5.74) is 1.57. The molecule has 1 heterocycles. The number of carbonyl (C=O) groups excluding carboxylic acids is 1. The van der Waals surface area contributed by atoms with Crippen molar-refractivity contribution in [2.24, 2.45) is 22.7 Å². The quantitative estimate of drug-likeness (QED) is 0.577. The highest BCUT2D eigenvalue weighted by molar-refractivity contribution is 5.66. The third-order valence-electron chi connectivity index (χ3n) is 6.23. The van der Waals surface area contributed by atoms with E-state index in [-0.39, 0.29) is 23.6 Å². The standard InChI is InChI=1S/C18H28O4/c1-11(19)21-16-14-12(15(20-5)22-16)7-8-13-17(2,3)9-6-10-18(13,14)4/h7,13-16H,6,8-10H2,1-5H3/t13-,14+,15?,16+,18-/m0/s1. The average Bonchev–Trinajstić information content (AvgIpc) is 2.76. The molecule has 2 aliphatic carbocycles. The Hall–Kier alpha value is -0.870. The zero-order valence-corrected chi connectivity index (χ0v) is 14.3. The van der Waals surface area contributed by atoms with Gasteiger partial charge in [0.25, 0.3) is 0 Å². The number of ether oxygens (including phenoxy) is 3. The Labute approximate surface area is 133 Å². The van der Waals surface area contributed by atoms with E-state index in [1.165, 1.54) is 25.3 Å². The number of rotatable bonds is 2. The van der Waals surface area contributed by atoms with Crippen molar-refractivity contribution in [2.75, 3.05) is 7.11 Å². The van der Waals surface area contributed by atoms with Gasteiger partial charge in [-0.25, -0.2) is 0 Å². The van der Waals surface area contributed by atoms with E-state index in [0.29, 0.717) is 11.3 Å². The SMILES string of the molecule is COC1O[C@@H](OC(C)=O)[C@H]2C1=CC[C@H]1C(C)(C)CCC[C@]21C. The molecule has 0 aromatic carbocycles. The monoisotopic (exact) mass is 308 g/mol. The Balaban J connectivity index is 2.00. The lowest BCUT2D eigenvalue weighted by molar-refractivity contribution is -0.215. The highest BCUT2D eigenvalue weighted by Crippen LogP contribution is 2.62. The van der Waals surface area contributed by atoms with Crippen LogP contribution in [0.4, 0.5) is 0 Å². The molecule has 1 saturated heterocycles. The summed E-state index contributed by atoms with van der Waals surface area (Å²) in [5, 5.41) is 0. The van der Waals surface area contributed by atoms with E-state index in [0.717, 1.165) is 12.8 Å². The summed E-state index contributed by atoms with van der Waals surface area (Å²) in [6, 6.07) is 0. The van der Waals surface area contributed by atoms with E-state index in [2.05, 4.69) is 26.8 Å². The number of fused-ring (bicyclic) bond motifs is 3. The molecule has 0 N–H and O–H groups in total. The van der Waals surface area contributed by atoms with Gasteiger partial charge in [-0.2, -0.15) is 0 Å². The highest BCUT2D eigenvalue weighted by Gasteiger charge is 2.59. The maximum absolute atomic E-state index is 11.5. The molecule has 4 heteroatoms. The first-order chi connectivity index (χ1) is 10.3. The zero-order valence-electron chi connectivity index (χ0n) is 14.3. The van der Waals surface area contributed by atoms with Crippen molar-refractivity contribution in [2.45, 2.75) is 66.0 Å². The molecule has 0 amide bonds. The van der Waals surface area contributed by atoms with Crippen LogP contribution in [-0.4, -0.2) is 25.7 Å². The molecule has 0 bridgehead atoms. The fourth-order valence-electron chi connectivity index (χ4n) is 5.33. The molecule has 4 nitrogen and oxygen atoms in total. The molecule has 22 heavy (non-hydrogen) atoms. The van der Waals surface area contributed by atoms with Gasteiger partial charge in [0, 0.05) is 14.0 Å². The van der Waals surface area contributed by atoms with Crippen LogP contribution >= 0.6 is 0 Å². The van der Waals surface area contributed by atoms with Gasteiger partial charge < -0.3 is 14.2 Å². The lowest BCUT2D eigenvalue weighted by Crippen LogP contribution is -2.51. The van der Waals surface area contributed by atoms with E-state index in [1.54, 1.807) is 7.11 Å². The summed E-state index contributed by atoms with van der Waals surface area (Å²) in [6.45, 7) is 8.55. The number of hydrogen-bond donors (Lipinski definition) is 0. The Bertz CT molecular complexity index is 495. The van der Waals surface area contributed by atoms with Crippen LogP contribution in [0.5, 0.6) is 0 Å². The molecular weight excluding hydrogens is 280 g/mol. The molecule has 2 fully saturated rings. The summed E-state index contributed by atoms with van der Waals surface area (Å²) < 4.78 is 16.9. The first-order valence-electron chi connectivity index (χ1n) is 8.35. The van der Waals surface area contributed by atoms with Crippen LogP contribution in [0.1, 0.15) is 53.4 Å². The highest BCUT2D eigenvalue weighted by atomic mass is 16.8. The number of methoxy groups -OCH3 is 1. The van der Waals surface area contributed by atoms with E-state index in [4.69, 9.17) is 14.2 Å². The summed E-state index contributed by atoms with van der Waals surface area (Å²) >= 11 is 0. The first kappa shape index (κ1) is 16.0. The normalized spacial score (nSPS) is 43.0. The van der Waals surface area contributed by atoms with Crippen LogP contribution in [0, 0.1) is 22.7 Å². The number of esters is 1. The van der Waals surface area contributed by atoms with Gasteiger partial charge in [-0.3, -0.25) is 4.79 Å². The molecule has 1 unspecified atom stereocenters. The number of allylic oxidation sites excluding steroid dienone is 1. The Morgan fingerprint density at radius 2 is 2.05 bits per heavy atom. The van der Waals surface area contributed by atoms with Gasteiger partial charge in [-0.15, -0.1) is 0 Å². The number of carbonyl (C=O) groups is 1. The van der Waals surface area contributed by atoms with Crippen molar-refractivity contribution >= 4 is 5.97 Å². The predicted molar refractivity (Wildman–Crippen MR) is 82.9 cm³/mol. The second-order valence-corrected chi connectivity index (χ2v) is 8.00. The van der Waals surface area contributed by atoms with Gasteiger partial charge in [0.2, 0.25) is 6.29 Å². The van der Waals surface area contributed by atoms with Crippen molar-refractivity contribution < 1.29 is 19.0 Å².